The molecule has 0 unspecified atom stereocenters. The summed E-state index contributed by atoms with van der Waals surface area (Å²) in [6.07, 6.45) is 3.40. The Bertz CT molecular complexity index is 371. The molecule has 92 valence electrons. The molecule has 1 aliphatic rings. The van der Waals surface area contributed by atoms with Gasteiger partial charge in [-0.15, -0.1) is 10.2 Å². The van der Waals surface area contributed by atoms with Crippen molar-refractivity contribution in [2.45, 2.75) is 26.2 Å². The summed E-state index contributed by atoms with van der Waals surface area (Å²) in [4.78, 5) is 13.9. The summed E-state index contributed by atoms with van der Waals surface area (Å²) in [7, 11) is 0. The summed E-state index contributed by atoms with van der Waals surface area (Å²) in [5.74, 6) is 0.711. The van der Waals surface area contributed by atoms with Crippen LogP contribution in [0.25, 0.3) is 0 Å². The minimum absolute atomic E-state index is 0.000230. The van der Waals surface area contributed by atoms with Crippen molar-refractivity contribution in [2.24, 2.45) is 0 Å². The third-order valence-corrected chi connectivity index (χ3v) is 2.88. The van der Waals surface area contributed by atoms with Crippen LogP contribution in [0.1, 0.15) is 36.7 Å². The maximum atomic E-state index is 12.1. The van der Waals surface area contributed by atoms with Crippen LogP contribution >= 0.6 is 0 Å². The van der Waals surface area contributed by atoms with Gasteiger partial charge in [0.25, 0.3) is 5.91 Å². The van der Waals surface area contributed by atoms with E-state index in [1.165, 1.54) is 6.42 Å². The van der Waals surface area contributed by atoms with Crippen molar-refractivity contribution < 1.29 is 4.79 Å². The highest BCUT2D eigenvalue weighted by molar-refractivity contribution is 5.92. The fourth-order valence-corrected chi connectivity index (χ4v) is 1.98. The van der Waals surface area contributed by atoms with E-state index < -0.39 is 0 Å². The van der Waals surface area contributed by atoms with Gasteiger partial charge < -0.3 is 10.2 Å². The Hall–Kier alpha value is -1.65. The van der Waals surface area contributed by atoms with E-state index in [1.807, 2.05) is 11.8 Å². The molecule has 1 saturated heterocycles. The molecule has 0 saturated carbocycles. The average Bonchev–Trinajstić information content (AvgIpc) is 2.40. The van der Waals surface area contributed by atoms with Crippen LogP contribution in [-0.4, -0.2) is 40.6 Å². The van der Waals surface area contributed by atoms with Crippen LogP contribution in [0.5, 0.6) is 0 Å². The summed E-state index contributed by atoms with van der Waals surface area (Å²) in [6, 6.07) is 3.54. The van der Waals surface area contributed by atoms with Gasteiger partial charge in [-0.25, -0.2) is 0 Å². The molecule has 0 radical (unpaired) electrons. The lowest BCUT2D eigenvalue weighted by Crippen LogP contribution is -2.36. The Morgan fingerprint density at radius 2 is 2.06 bits per heavy atom. The minimum atomic E-state index is 0.000230. The lowest BCUT2D eigenvalue weighted by molar-refractivity contribution is 0.0717. The van der Waals surface area contributed by atoms with Gasteiger partial charge in [-0.05, 0) is 38.3 Å². The largest absolute Gasteiger partial charge is 0.369 e. The molecule has 1 fully saturated rings. The Morgan fingerprint density at radius 3 is 2.65 bits per heavy atom. The Morgan fingerprint density at radius 1 is 1.29 bits per heavy atom. The van der Waals surface area contributed by atoms with Crippen molar-refractivity contribution in [1.29, 1.82) is 0 Å². The molecule has 2 rings (SSSR count). The Kier molecular flexibility index (Phi) is 3.90. The molecule has 2 heterocycles. The van der Waals surface area contributed by atoms with Crippen molar-refractivity contribution in [3.63, 3.8) is 0 Å². The number of hydrogen-bond donors (Lipinski definition) is 1. The highest BCUT2D eigenvalue weighted by atomic mass is 16.2. The van der Waals surface area contributed by atoms with Crippen LogP contribution in [0.3, 0.4) is 0 Å². The summed E-state index contributed by atoms with van der Waals surface area (Å²) in [6.45, 7) is 4.48. The normalized spacial score (nSPS) is 15.7. The van der Waals surface area contributed by atoms with Crippen LogP contribution in [0.4, 0.5) is 5.82 Å². The first kappa shape index (κ1) is 11.8. The second-order valence-corrected chi connectivity index (χ2v) is 4.19. The van der Waals surface area contributed by atoms with E-state index in [0.29, 0.717) is 11.5 Å². The van der Waals surface area contributed by atoms with Crippen molar-refractivity contribution >= 4 is 11.7 Å². The monoisotopic (exact) mass is 234 g/mol. The minimum Gasteiger partial charge on any atom is -0.369 e. The molecule has 1 amide bonds. The number of nitrogens with one attached hydrogen (secondary N) is 1. The number of hydrogen-bond acceptors (Lipinski definition) is 4. The molecule has 5 nitrogen and oxygen atoms in total. The Balaban J connectivity index is 2.03. The van der Waals surface area contributed by atoms with Crippen LogP contribution in [0, 0.1) is 0 Å². The van der Waals surface area contributed by atoms with Gasteiger partial charge in [-0.2, -0.15) is 0 Å². The smallest absolute Gasteiger partial charge is 0.274 e. The summed E-state index contributed by atoms with van der Waals surface area (Å²) >= 11 is 0. The topological polar surface area (TPSA) is 58.1 Å². The number of carbonyl (C=O) groups is 1. The van der Waals surface area contributed by atoms with Gasteiger partial charge in [0, 0.05) is 19.6 Å². The van der Waals surface area contributed by atoms with Crippen LogP contribution < -0.4 is 5.32 Å². The zero-order valence-corrected chi connectivity index (χ0v) is 10.1. The molecule has 1 aromatic heterocycles. The highest BCUT2D eigenvalue weighted by Gasteiger charge is 2.19. The molecule has 5 heteroatoms. The van der Waals surface area contributed by atoms with Crippen LogP contribution in [0.2, 0.25) is 0 Å². The van der Waals surface area contributed by atoms with Gasteiger partial charge in [-0.1, -0.05) is 0 Å². The van der Waals surface area contributed by atoms with Crippen molar-refractivity contribution in [3.8, 4) is 0 Å². The zero-order chi connectivity index (χ0) is 12.1. The molecule has 0 spiro atoms. The van der Waals surface area contributed by atoms with E-state index in [0.717, 1.165) is 32.5 Å². The number of piperidine rings is 1. The lowest BCUT2D eigenvalue weighted by atomic mass is 10.1. The SMILES string of the molecule is CCNc1ccc(C(=O)N2CCCCC2)nn1. The molecule has 0 atom stereocenters. The first-order valence-corrected chi connectivity index (χ1v) is 6.18. The standard InChI is InChI=1S/C12H18N4O/c1-2-13-11-7-6-10(14-15-11)12(17)16-8-4-3-5-9-16/h6-7H,2-5,8-9H2,1H3,(H,13,15). The predicted molar refractivity (Wildman–Crippen MR) is 66.0 cm³/mol. The average molecular weight is 234 g/mol. The van der Waals surface area contributed by atoms with E-state index in [-0.39, 0.29) is 5.91 Å². The van der Waals surface area contributed by atoms with Gasteiger partial charge in [0.1, 0.15) is 5.82 Å². The molecule has 1 aliphatic heterocycles. The second-order valence-electron chi connectivity index (χ2n) is 4.19. The molecule has 17 heavy (non-hydrogen) atoms. The lowest BCUT2D eigenvalue weighted by Gasteiger charge is -2.26. The summed E-state index contributed by atoms with van der Waals surface area (Å²) < 4.78 is 0. The second kappa shape index (κ2) is 5.61. The number of amides is 1. The molecule has 0 aliphatic carbocycles. The number of nitrogens with zero attached hydrogens (tertiary/aromatic N) is 3. The van der Waals surface area contributed by atoms with Gasteiger partial charge in [0.05, 0.1) is 0 Å². The van der Waals surface area contributed by atoms with Gasteiger partial charge in [0.2, 0.25) is 0 Å². The highest BCUT2D eigenvalue weighted by Crippen LogP contribution is 2.12. The van der Waals surface area contributed by atoms with E-state index in [9.17, 15) is 4.79 Å². The first-order chi connectivity index (χ1) is 8.31. The third kappa shape index (κ3) is 2.93. The van der Waals surface area contributed by atoms with Gasteiger partial charge in [0.15, 0.2) is 5.69 Å². The first-order valence-electron chi connectivity index (χ1n) is 6.18. The number of anilines is 1. The van der Waals surface area contributed by atoms with E-state index in [4.69, 9.17) is 0 Å². The number of aromatic nitrogens is 2. The Labute approximate surface area is 101 Å². The fraction of sp³-hybridized carbons (Fsp3) is 0.583. The van der Waals surface area contributed by atoms with Crippen molar-refractivity contribution in [3.05, 3.63) is 17.8 Å². The maximum absolute atomic E-state index is 12.1. The van der Waals surface area contributed by atoms with E-state index in [1.54, 1.807) is 12.1 Å². The van der Waals surface area contributed by atoms with Crippen LogP contribution in [-0.2, 0) is 0 Å². The maximum Gasteiger partial charge on any atom is 0.274 e. The number of carbonyl (C=O) groups excluding carboxylic acids is 1. The molecular formula is C12H18N4O. The molecule has 1 N–H and O–H groups in total. The number of likely N-dealkylation sites (tertiary alicyclic amines) is 1. The van der Waals surface area contributed by atoms with E-state index in [2.05, 4.69) is 15.5 Å². The molecular weight excluding hydrogens is 216 g/mol. The van der Waals surface area contributed by atoms with Gasteiger partial charge >= 0.3 is 0 Å². The van der Waals surface area contributed by atoms with E-state index >= 15 is 0 Å². The van der Waals surface area contributed by atoms with Gasteiger partial charge in [-0.3, -0.25) is 4.79 Å². The fourth-order valence-electron chi connectivity index (χ4n) is 1.98. The van der Waals surface area contributed by atoms with Crippen LogP contribution in [0.15, 0.2) is 12.1 Å². The van der Waals surface area contributed by atoms with Crippen molar-refractivity contribution in [1.82, 2.24) is 15.1 Å². The molecule has 1 aromatic rings. The molecule has 0 aromatic carbocycles. The van der Waals surface area contributed by atoms with Crippen molar-refractivity contribution in [2.75, 3.05) is 25.0 Å². The predicted octanol–water partition coefficient (Wildman–Crippen LogP) is 1.53. The summed E-state index contributed by atoms with van der Waals surface area (Å²) in [5, 5.41) is 11.0. The number of rotatable bonds is 3. The quantitative estimate of drug-likeness (QED) is 0.861. The zero-order valence-electron chi connectivity index (χ0n) is 10.1. The summed E-state index contributed by atoms with van der Waals surface area (Å²) in [5.41, 5.74) is 0.438. The third-order valence-electron chi connectivity index (χ3n) is 2.88. The molecule has 0 bridgehead atoms.